The average molecular weight is 343 g/mol. The van der Waals surface area contributed by atoms with Gasteiger partial charge < -0.3 is 15.8 Å². The first-order chi connectivity index (χ1) is 11.0. The molecule has 4 atom stereocenters. The van der Waals surface area contributed by atoms with E-state index in [1.165, 1.54) is 7.05 Å². The third-order valence-corrected chi connectivity index (χ3v) is 5.22. The lowest BCUT2D eigenvalue weighted by Crippen LogP contribution is -2.78. The highest BCUT2D eigenvalue weighted by Gasteiger charge is 2.79. The van der Waals surface area contributed by atoms with Gasteiger partial charge in [-0.2, -0.15) is 0 Å². The summed E-state index contributed by atoms with van der Waals surface area (Å²) in [5.41, 5.74) is 1.87. The van der Waals surface area contributed by atoms with Crippen molar-refractivity contribution < 1.29 is 19.1 Å². The lowest BCUT2D eigenvalue weighted by Gasteiger charge is -2.50. The van der Waals surface area contributed by atoms with E-state index < -0.39 is 23.0 Å². The van der Waals surface area contributed by atoms with Crippen LogP contribution >= 0.6 is 11.6 Å². The number of nitrogens with two attached hydrogens (primary N) is 1. The van der Waals surface area contributed by atoms with Crippen LogP contribution in [0.1, 0.15) is 32.6 Å². The molecule has 0 radical (unpaired) electrons. The number of carbonyl (C=O) groups is 3. The first-order valence-corrected chi connectivity index (χ1v) is 8.41. The minimum Gasteiger partial charge on any atom is -0.453 e. The van der Waals surface area contributed by atoms with Gasteiger partial charge in [-0.25, -0.2) is 4.79 Å². The average Bonchev–Trinajstić information content (AvgIpc) is 2.75. The monoisotopic (exact) mass is 342 g/mol. The summed E-state index contributed by atoms with van der Waals surface area (Å²) in [4.78, 5) is 37.2. The molecule has 7 heteroatoms. The van der Waals surface area contributed by atoms with E-state index >= 15 is 0 Å². The minimum absolute atomic E-state index is 0.248. The highest BCUT2D eigenvalue weighted by molar-refractivity contribution is 6.21. The van der Waals surface area contributed by atoms with Crippen molar-refractivity contribution in [1.29, 1.82) is 0 Å². The summed E-state index contributed by atoms with van der Waals surface area (Å²) in [6.07, 6.45) is 6.74. The molecule has 0 unspecified atom stereocenters. The Kier molecular flexibility index (Phi) is 5.16. The molecule has 6 nitrogen and oxygen atoms in total. The van der Waals surface area contributed by atoms with E-state index in [0.717, 1.165) is 12.8 Å². The molecular formula is C16H23ClN2O4. The summed E-state index contributed by atoms with van der Waals surface area (Å²) < 4.78 is 5.28. The zero-order valence-corrected chi connectivity index (χ0v) is 14.2. The smallest absolute Gasteiger partial charge is 0.344 e. The van der Waals surface area contributed by atoms with Crippen molar-refractivity contribution in [3.63, 3.8) is 0 Å². The maximum absolute atomic E-state index is 12.9. The van der Waals surface area contributed by atoms with Gasteiger partial charge in [-0.15, -0.1) is 11.6 Å². The number of esters is 1. The van der Waals surface area contributed by atoms with Gasteiger partial charge in [0.1, 0.15) is 0 Å². The van der Waals surface area contributed by atoms with Crippen LogP contribution < -0.4 is 11.1 Å². The quantitative estimate of drug-likeness (QED) is 0.342. The van der Waals surface area contributed by atoms with E-state index in [2.05, 4.69) is 11.1 Å². The van der Waals surface area contributed by atoms with Crippen molar-refractivity contribution in [2.75, 3.05) is 12.9 Å². The molecule has 2 heterocycles. The third kappa shape index (κ3) is 2.39. The van der Waals surface area contributed by atoms with E-state index in [1.807, 2.05) is 12.2 Å². The fourth-order valence-corrected chi connectivity index (χ4v) is 3.98. The zero-order valence-electron chi connectivity index (χ0n) is 13.4. The van der Waals surface area contributed by atoms with E-state index in [-0.39, 0.29) is 23.5 Å². The van der Waals surface area contributed by atoms with Gasteiger partial charge in [0.2, 0.25) is 11.4 Å². The van der Waals surface area contributed by atoms with Gasteiger partial charge in [0.25, 0.3) is 0 Å². The van der Waals surface area contributed by atoms with Crippen molar-refractivity contribution in [2.45, 2.75) is 43.7 Å². The molecule has 0 aromatic carbocycles. The van der Waals surface area contributed by atoms with Crippen LogP contribution in [-0.2, 0) is 19.1 Å². The molecule has 2 saturated heterocycles. The first-order valence-electron chi connectivity index (χ1n) is 7.87. The number of carbonyl (C=O) groups excluding carboxylic acids is 3. The van der Waals surface area contributed by atoms with Crippen molar-refractivity contribution in [1.82, 2.24) is 5.32 Å². The Morgan fingerprint density at radius 3 is 2.70 bits per heavy atom. The summed E-state index contributed by atoms with van der Waals surface area (Å²) in [7, 11) is 1.50. The highest BCUT2D eigenvalue weighted by atomic mass is 35.5. The van der Waals surface area contributed by atoms with Crippen LogP contribution in [0.15, 0.2) is 12.2 Å². The fourth-order valence-electron chi connectivity index (χ4n) is 3.76. The van der Waals surface area contributed by atoms with Crippen molar-refractivity contribution >= 4 is 29.3 Å². The Bertz CT molecular complexity index is 550. The Morgan fingerprint density at radius 2 is 2.17 bits per heavy atom. The van der Waals surface area contributed by atoms with Crippen LogP contribution in [0.25, 0.3) is 0 Å². The highest BCUT2D eigenvalue weighted by Crippen LogP contribution is 2.51. The molecule has 3 aliphatic rings. The number of ether oxygens (including phenoxy) is 1. The summed E-state index contributed by atoms with van der Waals surface area (Å²) in [5.74, 6) is -1.83. The van der Waals surface area contributed by atoms with Gasteiger partial charge >= 0.3 is 5.97 Å². The Morgan fingerprint density at radius 1 is 1.48 bits per heavy atom. The second kappa shape index (κ2) is 6.61. The van der Waals surface area contributed by atoms with Gasteiger partial charge in [-0.1, -0.05) is 12.2 Å². The molecule has 1 aliphatic carbocycles. The van der Waals surface area contributed by atoms with Crippen molar-refractivity contribution in [3.05, 3.63) is 12.2 Å². The zero-order chi connectivity index (χ0) is 17.3. The fraction of sp³-hybridized carbons (Fsp3) is 0.688. The van der Waals surface area contributed by atoms with Gasteiger partial charge in [-0.3, -0.25) is 9.59 Å². The van der Waals surface area contributed by atoms with Gasteiger partial charge in [0.05, 0.1) is 5.92 Å². The molecule has 0 saturated carbocycles. The molecule has 0 aromatic rings. The number of amides is 1. The maximum Gasteiger partial charge on any atom is 0.344 e. The topological polar surface area (TPSA) is 98.5 Å². The van der Waals surface area contributed by atoms with Gasteiger partial charge in [0, 0.05) is 11.8 Å². The molecule has 3 rings (SSSR count). The summed E-state index contributed by atoms with van der Waals surface area (Å²) in [6, 6.07) is 0. The van der Waals surface area contributed by atoms with Crippen LogP contribution in [0.5, 0.6) is 0 Å². The number of hydrogen-bond acceptors (Lipinski definition) is 5. The lowest BCUT2D eigenvalue weighted by atomic mass is 9.65. The lowest BCUT2D eigenvalue weighted by molar-refractivity contribution is -0.218. The predicted molar refractivity (Wildman–Crippen MR) is 85.8 cm³/mol. The SMILES string of the molecule is CN.C[C@@]12OC(=O)[C@]1(C(=O)[C@@H]1C=CCCC1)NC(=O)[C@@H]2CCCl. The number of Topliss-reactive ketones (excluding diaryl/α,β-unsaturated/α-hetero) is 1. The molecule has 2 fully saturated rings. The van der Waals surface area contributed by atoms with Crippen LogP contribution in [-0.4, -0.2) is 41.7 Å². The van der Waals surface area contributed by atoms with Gasteiger partial charge in [0.15, 0.2) is 11.4 Å². The predicted octanol–water partition coefficient (Wildman–Crippen LogP) is 0.916. The molecule has 23 heavy (non-hydrogen) atoms. The normalized spacial score (nSPS) is 37.7. The van der Waals surface area contributed by atoms with Crippen LogP contribution in [0.3, 0.4) is 0 Å². The van der Waals surface area contributed by atoms with E-state index in [0.29, 0.717) is 12.8 Å². The maximum atomic E-state index is 12.9. The Labute approximate surface area is 140 Å². The van der Waals surface area contributed by atoms with E-state index in [4.69, 9.17) is 16.3 Å². The number of alkyl halides is 1. The molecule has 2 aliphatic heterocycles. The van der Waals surface area contributed by atoms with Crippen molar-refractivity contribution in [2.24, 2.45) is 17.6 Å². The number of halogens is 1. The number of ketones is 1. The van der Waals surface area contributed by atoms with Crippen LogP contribution in [0.4, 0.5) is 0 Å². The molecule has 0 spiro atoms. The number of nitrogens with one attached hydrogen (secondary N) is 1. The minimum atomic E-state index is -1.52. The Hall–Kier alpha value is -1.40. The van der Waals surface area contributed by atoms with E-state index in [1.54, 1.807) is 6.92 Å². The first kappa shape index (κ1) is 17.9. The standard InChI is InChI=1S/C15H18ClNO4.CH5N/c1-14-10(7-8-16)12(19)17-15(14,13(20)21-14)11(18)9-5-3-2-4-6-9;1-2/h3,5,9-10H,2,4,6-8H2,1H3,(H,17,19);2H2,1H3/t9-,10+,14+,15+;/m1./s1. The van der Waals surface area contributed by atoms with E-state index in [9.17, 15) is 14.4 Å². The molecule has 1 amide bonds. The summed E-state index contributed by atoms with van der Waals surface area (Å²) >= 11 is 5.74. The van der Waals surface area contributed by atoms with Crippen LogP contribution in [0, 0.1) is 11.8 Å². The second-order valence-electron chi connectivity index (χ2n) is 6.10. The largest absolute Gasteiger partial charge is 0.453 e. The number of rotatable bonds is 4. The molecular weight excluding hydrogens is 320 g/mol. The second-order valence-corrected chi connectivity index (χ2v) is 6.47. The summed E-state index contributed by atoms with van der Waals surface area (Å²) in [6.45, 7) is 1.66. The molecule has 0 aromatic heterocycles. The molecule has 3 N–H and O–H groups in total. The molecule has 0 bridgehead atoms. The Balaban J connectivity index is 0.000000924. The van der Waals surface area contributed by atoms with Crippen molar-refractivity contribution in [3.8, 4) is 0 Å². The third-order valence-electron chi connectivity index (χ3n) is 5.01. The van der Waals surface area contributed by atoms with Crippen LogP contribution in [0.2, 0.25) is 0 Å². The number of fused-ring (bicyclic) bond motifs is 1. The molecule has 128 valence electrons. The number of allylic oxidation sites excluding steroid dienone is 2. The van der Waals surface area contributed by atoms with Gasteiger partial charge in [-0.05, 0) is 39.7 Å². The number of hydrogen-bond donors (Lipinski definition) is 2. The summed E-state index contributed by atoms with van der Waals surface area (Å²) in [5, 5.41) is 2.63.